The van der Waals surface area contributed by atoms with Gasteiger partial charge in [-0.15, -0.1) is 5.10 Å². The summed E-state index contributed by atoms with van der Waals surface area (Å²) in [4.78, 5) is 22.2. The van der Waals surface area contributed by atoms with E-state index in [-0.39, 0.29) is 11.7 Å². The van der Waals surface area contributed by atoms with Crippen LogP contribution in [0.4, 0.5) is 11.7 Å². The molecular formula is C20H16N4O6. The van der Waals surface area contributed by atoms with Gasteiger partial charge in [-0.3, -0.25) is 20.2 Å². The van der Waals surface area contributed by atoms with Crippen LogP contribution in [0.25, 0.3) is 6.08 Å². The average Bonchev–Trinajstić information content (AvgIpc) is 3.19. The molecule has 0 unspecified atom stereocenters. The molecule has 2 aromatic carbocycles. The number of benzene rings is 2. The second-order valence-corrected chi connectivity index (χ2v) is 6.33. The van der Waals surface area contributed by atoms with Gasteiger partial charge in [0.15, 0.2) is 11.5 Å². The van der Waals surface area contributed by atoms with Crippen LogP contribution in [0, 0.1) is 10.1 Å². The van der Waals surface area contributed by atoms with Crippen molar-refractivity contribution in [3.05, 3.63) is 75.7 Å². The predicted octanol–water partition coefficient (Wildman–Crippen LogP) is 2.99. The van der Waals surface area contributed by atoms with Crippen LogP contribution in [-0.2, 0) is 11.2 Å². The standard InChI is InChI=1S/C20H16N4O6/c25-18(8-4-13-1-5-15(6-2-13)24(26)27)21-20-23-22-19(30-20)12-14-3-7-16-17(11-14)29-10-9-28-16/h1-8,11H,9-10,12H2,(H,21,23,25)/b8-4-. The van der Waals surface area contributed by atoms with E-state index in [1.807, 2.05) is 18.2 Å². The first-order valence-electron chi connectivity index (χ1n) is 9.01. The topological polar surface area (TPSA) is 130 Å². The number of carbonyl (C=O) groups excluding carboxylic acids is 1. The van der Waals surface area contributed by atoms with E-state index >= 15 is 0 Å². The number of aromatic nitrogens is 2. The van der Waals surface area contributed by atoms with Gasteiger partial charge in [0.1, 0.15) is 13.2 Å². The Balaban J connectivity index is 1.34. The summed E-state index contributed by atoms with van der Waals surface area (Å²) in [7, 11) is 0. The van der Waals surface area contributed by atoms with Crippen LogP contribution in [0.2, 0.25) is 0 Å². The van der Waals surface area contributed by atoms with Crippen molar-refractivity contribution in [2.75, 3.05) is 18.5 Å². The van der Waals surface area contributed by atoms with Gasteiger partial charge in [0, 0.05) is 18.2 Å². The highest BCUT2D eigenvalue weighted by Crippen LogP contribution is 2.31. The normalized spacial score (nSPS) is 12.7. The number of amides is 1. The third-order valence-electron chi connectivity index (χ3n) is 4.19. The number of carbonyl (C=O) groups is 1. The molecule has 1 N–H and O–H groups in total. The second kappa shape index (κ2) is 8.43. The van der Waals surface area contributed by atoms with E-state index in [0.29, 0.717) is 42.6 Å². The van der Waals surface area contributed by atoms with Gasteiger partial charge in [-0.2, -0.15) is 0 Å². The lowest BCUT2D eigenvalue weighted by molar-refractivity contribution is -0.384. The number of nitrogens with one attached hydrogen (secondary N) is 1. The van der Waals surface area contributed by atoms with Crippen LogP contribution in [0.3, 0.4) is 0 Å². The molecular weight excluding hydrogens is 392 g/mol. The van der Waals surface area contributed by atoms with Crippen LogP contribution in [0.15, 0.2) is 53.0 Å². The number of hydrogen-bond donors (Lipinski definition) is 1. The molecule has 0 aliphatic carbocycles. The predicted molar refractivity (Wildman–Crippen MR) is 105 cm³/mol. The average molecular weight is 408 g/mol. The van der Waals surface area contributed by atoms with Crippen LogP contribution in [0.1, 0.15) is 17.0 Å². The van der Waals surface area contributed by atoms with Crippen molar-refractivity contribution in [3.63, 3.8) is 0 Å². The summed E-state index contributed by atoms with van der Waals surface area (Å²) in [6.07, 6.45) is 3.16. The molecule has 0 radical (unpaired) electrons. The first-order valence-corrected chi connectivity index (χ1v) is 9.01. The summed E-state index contributed by atoms with van der Waals surface area (Å²) in [5.41, 5.74) is 1.52. The molecule has 0 atom stereocenters. The number of non-ortho nitro benzene ring substituents is 1. The number of nitrogens with zero attached hydrogens (tertiary/aromatic N) is 3. The monoisotopic (exact) mass is 408 g/mol. The minimum absolute atomic E-state index is 0.0204. The highest BCUT2D eigenvalue weighted by molar-refractivity contribution is 6.00. The van der Waals surface area contributed by atoms with E-state index in [9.17, 15) is 14.9 Å². The smallest absolute Gasteiger partial charge is 0.322 e. The number of hydrogen-bond acceptors (Lipinski definition) is 8. The molecule has 0 fully saturated rings. The summed E-state index contributed by atoms with van der Waals surface area (Å²) in [5.74, 6) is 1.23. The summed E-state index contributed by atoms with van der Waals surface area (Å²) < 4.78 is 16.5. The quantitative estimate of drug-likeness (QED) is 0.374. The fraction of sp³-hybridized carbons (Fsp3) is 0.150. The maximum atomic E-state index is 12.0. The van der Waals surface area contributed by atoms with E-state index in [1.165, 1.54) is 24.3 Å². The van der Waals surface area contributed by atoms with Crippen molar-refractivity contribution in [1.29, 1.82) is 0 Å². The molecule has 1 aromatic heterocycles. The molecule has 0 saturated carbocycles. The van der Waals surface area contributed by atoms with Crippen LogP contribution >= 0.6 is 0 Å². The van der Waals surface area contributed by atoms with Crippen LogP contribution in [-0.4, -0.2) is 34.2 Å². The number of fused-ring (bicyclic) bond motifs is 1. The molecule has 1 aliphatic rings. The molecule has 0 saturated heterocycles. The van der Waals surface area contributed by atoms with Crippen molar-refractivity contribution in [2.24, 2.45) is 0 Å². The molecule has 0 spiro atoms. The third kappa shape index (κ3) is 4.61. The Morgan fingerprint density at radius 2 is 1.87 bits per heavy atom. The molecule has 152 valence electrons. The van der Waals surface area contributed by atoms with E-state index in [0.717, 1.165) is 5.56 Å². The summed E-state index contributed by atoms with van der Waals surface area (Å²) in [5, 5.41) is 20.9. The van der Waals surface area contributed by atoms with Gasteiger partial charge in [-0.25, -0.2) is 0 Å². The van der Waals surface area contributed by atoms with Gasteiger partial charge in [0.2, 0.25) is 5.89 Å². The zero-order valence-electron chi connectivity index (χ0n) is 15.6. The lowest BCUT2D eigenvalue weighted by Crippen LogP contribution is -2.15. The van der Waals surface area contributed by atoms with Gasteiger partial charge in [0.25, 0.3) is 11.6 Å². The Morgan fingerprint density at radius 1 is 1.10 bits per heavy atom. The fourth-order valence-corrected chi connectivity index (χ4v) is 2.77. The van der Waals surface area contributed by atoms with E-state index < -0.39 is 10.8 Å². The van der Waals surface area contributed by atoms with Crippen LogP contribution in [0.5, 0.6) is 11.5 Å². The van der Waals surface area contributed by atoms with E-state index in [2.05, 4.69) is 15.5 Å². The van der Waals surface area contributed by atoms with Gasteiger partial charge < -0.3 is 13.9 Å². The van der Waals surface area contributed by atoms with Crippen molar-refractivity contribution in [2.45, 2.75) is 6.42 Å². The van der Waals surface area contributed by atoms with Crippen molar-refractivity contribution in [1.82, 2.24) is 10.2 Å². The molecule has 1 aliphatic heterocycles. The van der Waals surface area contributed by atoms with Gasteiger partial charge in [0.05, 0.1) is 11.3 Å². The maximum absolute atomic E-state index is 12.0. The van der Waals surface area contributed by atoms with Gasteiger partial charge in [-0.1, -0.05) is 11.2 Å². The van der Waals surface area contributed by atoms with Crippen molar-refractivity contribution >= 4 is 23.7 Å². The van der Waals surface area contributed by atoms with Gasteiger partial charge in [-0.05, 0) is 41.5 Å². The summed E-state index contributed by atoms with van der Waals surface area (Å²) in [6, 6.07) is 11.3. The SMILES string of the molecule is O=C(/C=C\c1ccc([N+](=O)[O-])cc1)Nc1nnc(Cc2ccc3c(c2)OCCO3)o1. The maximum Gasteiger partial charge on any atom is 0.322 e. The summed E-state index contributed by atoms with van der Waals surface area (Å²) >= 11 is 0. The number of nitro benzene ring substituents is 1. The first kappa shape index (κ1) is 19.1. The second-order valence-electron chi connectivity index (χ2n) is 6.33. The Hall–Kier alpha value is -4.21. The number of anilines is 1. The molecule has 10 heteroatoms. The summed E-state index contributed by atoms with van der Waals surface area (Å²) in [6.45, 7) is 1.03. The highest BCUT2D eigenvalue weighted by atomic mass is 16.6. The zero-order valence-corrected chi connectivity index (χ0v) is 15.6. The number of ether oxygens (including phenoxy) is 2. The van der Waals surface area contributed by atoms with Crippen molar-refractivity contribution < 1.29 is 23.6 Å². The number of nitro groups is 1. The fourth-order valence-electron chi connectivity index (χ4n) is 2.77. The highest BCUT2D eigenvalue weighted by Gasteiger charge is 2.14. The minimum atomic E-state index is -0.488. The minimum Gasteiger partial charge on any atom is -0.486 e. The Labute approximate surface area is 170 Å². The first-order chi connectivity index (χ1) is 14.6. The van der Waals surface area contributed by atoms with Crippen molar-refractivity contribution in [3.8, 4) is 11.5 Å². The number of rotatable bonds is 6. The molecule has 3 aromatic rings. The van der Waals surface area contributed by atoms with Crippen LogP contribution < -0.4 is 14.8 Å². The Morgan fingerprint density at radius 3 is 2.63 bits per heavy atom. The third-order valence-corrected chi connectivity index (χ3v) is 4.19. The van der Waals surface area contributed by atoms with E-state index in [4.69, 9.17) is 13.9 Å². The van der Waals surface area contributed by atoms with E-state index in [1.54, 1.807) is 12.1 Å². The Kier molecular flexibility index (Phi) is 5.37. The molecule has 30 heavy (non-hydrogen) atoms. The van der Waals surface area contributed by atoms with Gasteiger partial charge >= 0.3 is 6.01 Å². The molecule has 0 bridgehead atoms. The molecule has 2 heterocycles. The zero-order chi connectivity index (χ0) is 20.9. The lowest BCUT2D eigenvalue weighted by Gasteiger charge is -2.18. The Bertz CT molecular complexity index is 1110. The molecule has 1 amide bonds. The lowest BCUT2D eigenvalue weighted by atomic mass is 10.1. The largest absolute Gasteiger partial charge is 0.486 e. The molecule has 10 nitrogen and oxygen atoms in total. The molecule has 4 rings (SSSR count).